The molecule has 0 spiro atoms. The van der Waals surface area contributed by atoms with Gasteiger partial charge in [-0.1, -0.05) is 0 Å². The van der Waals surface area contributed by atoms with Gasteiger partial charge in [-0.3, -0.25) is 4.90 Å². The fraction of sp³-hybridized carbons (Fsp3) is 1.00. The number of aliphatic hydroxyl groups excluding tert-OH is 1. The van der Waals surface area contributed by atoms with Gasteiger partial charge in [-0.2, -0.15) is 0 Å². The largest absolute Gasteiger partial charge is 0.391 e. The summed E-state index contributed by atoms with van der Waals surface area (Å²) in [5.41, 5.74) is 0. The normalized spacial score (nSPS) is 45.6. The predicted molar refractivity (Wildman–Crippen MR) is 42.4 cm³/mol. The Kier molecular flexibility index (Phi) is 2.23. The molecule has 0 saturated carbocycles. The zero-order valence-electron chi connectivity index (χ0n) is 6.16. The van der Waals surface area contributed by atoms with Crippen LogP contribution in [0.5, 0.6) is 0 Å². The number of aliphatic hydroxyl groups is 1. The van der Waals surface area contributed by atoms with Crippen LogP contribution in [0, 0.1) is 0 Å². The van der Waals surface area contributed by atoms with Crippen molar-refractivity contribution < 1.29 is 5.11 Å². The van der Waals surface area contributed by atoms with E-state index < -0.39 is 0 Å². The number of likely N-dealkylation sites (N-methyl/N-ethyl adjacent to an activating group) is 1. The number of nitrogens with zero attached hydrogens (tertiary/aromatic N) is 1. The molecule has 2 saturated heterocycles. The molecule has 3 atom stereocenters. The predicted octanol–water partition coefficient (Wildman–Crippen LogP) is 0.636. The molecule has 2 aliphatic heterocycles. The average Bonchev–Trinajstić information content (AvgIpc) is 2.25. The first kappa shape index (κ1) is 8.31. The molecule has 0 radical (unpaired) electrons. The van der Waals surface area contributed by atoms with Crippen molar-refractivity contribution in [2.24, 2.45) is 0 Å². The Morgan fingerprint density at radius 1 is 1.40 bits per heavy atom. The second-order valence-corrected chi connectivity index (χ2v) is 3.27. The smallest absolute Gasteiger partial charge is 0.0710 e. The van der Waals surface area contributed by atoms with Crippen LogP contribution in [0.15, 0.2) is 0 Å². The van der Waals surface area contributed by atoms with Crippen LogP contribution in [-0.4, -0.2) is 35.2 Å². The van der Waals surface area contributed by atoms with E-state index in [1.165, 1.54) is 12.8 Å². The van der Waals surface area contributed by atoms with E-state index >= 15 is 0 Å². The van der Waals surface area contributed by atoms with Crippen LogP contribution in [0.2, 0.25) is 0 Å². The van der Waals surface area contributed by atoms with Gasteiger partial charge in [-0.15, -0.1) is 12.4 Å². The van der Waals surface area contributed by atoms with Crippen LogP contribution in [0.3, 0.4) is 0 Å². The summed E-state index contributed by atoms with van der Waals surface area (Å²) < 4.78 is 0. The van der Waals surface area contributed by atoms with Gasteiger partial charge in [-0.05, 0) is 26.3 Å². The van der Waals surface area contributed by atoms with Crippen LogP contribution in [0.1, 0.15) is 19.3 Å². The topological polar surface area (TPSA) is 23.5 Å². The fourth-order valence-corrected chi connectivity index (χ4v) is 2.22. The summed E-state index contributed by atoms with van der Waals surface area (Å²) in [6.07, 6.45) is 3.51. The highest BCUT2D eigenvalue weighted by Gasteiger charge is 2.42. The molecule has 2 fully saturated rings. The molecule has 2 rings (SSSR count). The lowest BCUT2D eigenvalue weighted by atomic mass is 9.98. The zero-order valence-corrected chi connectivity index (χ0v) is 6.97. The molecule has 0 amide bonds. The zero-order chi connectivity index (χ0) is 6.43. The summed E-state index contributed by atoms with van der Waals surface area (Å²) in [7, 11) is 2.12. The standard InChI is InChI=1S/C7H13NO.ClH/c1-8-5-2-3-6(8)7(9)4-5;/h5-7,9H,2-4H2,1H3;1H/t5-,6+,7+;/m0./s1. The van der Waals surface area contributed by atoms with Crippen molar-refractivity contribution in [1.82, 2.24) is 4.90 Å². The van der Waals surface area contributed by atoms with Gasteiger partial charge in [0.25, 0.3) is 0 Å². The molecule has 2 nitrogen and oxygen atoms in total. The summed E-state index contributed by atoms with van der Waals surface area (Å²) in [5, 5.41) is 9.35. The van der Waals surface area contributed by atoms with Gasteiger partial charge in [0.15, 0.2) is 0 Å². The van der Waals surface area contributed by atoms with Crippen LogP contribution < -0.4 is 0 Å². The van der Waals surface area contributed by atoms with Gasteiger partial charge in [0.2, 0.25) is 0 Å². The second kappa shape index (κ2) is 2.68. The van der Waals surface area contributed by atoms with E-state index in [-0.39, 0.29) is 18.5 Å². The molecule has 2 bridgehead atoms. The van der Waals surface area contributed by atoms with Crippen molar-refractivity contribution >= 4 is 12.4 Å². The summed E-state index contributed by atoms with van der Waals surface area (Å²) in [6, 6.07) is 1.19. The maximum Gasteiger partial charge on any atom is 0.0710 e. The summed E-state index contributed by atoms with van der Waals surface area (Å²) in [5.74, 6) is 0. The summed E-state index contributed by atoms with van der Waals surface area (Å²) in [6.45, 7) is 0. The molecule has 10 heavy (non-hydrogen) atoms. The molecule has 0 aromatic carbocycles. The Balaban J connectivity index is 0.000000500. The lowest BCUT2D eigenvalue weighted by Crippen LogP contribution is -2.28. The first-order valence-electron chi connectivity index (χ1n) is 3.69. The van der Waals surface area contributed by atoms with Gasteiger partial charge < -0.3 is 5.11 Å². The molecule has 2 heterocycles. The SMILES string of the molecule is CN1[C@H]2CC[C@@H]1[C@H](O)C2.Cl. The number of fused-ring (bicyclic) bond motifs is 2. The third-order valence-electron chi connectivity index (χ3n) is 2.85. The number of hydrogen-bond donors (Lipinski definition) is 1. The van der Waals surface area contributed by atoms with E-state index in [4.69, 9.17) is 0 Å². The van der Waals surface area contributed by atoms with Crippen molar-refractivity contribution in [3.63, 3.8) is 0 Å². The quantitative estimate of drug-likeness (QED) is 0.567. The van der Waals surface area contributed by atoms with Crippen molar-refractivity contribution in [2.75, 3.05) is 7.05 Å². The first-order chi connectivity index (χ1) is 4.29. The van der Waals surface area contributed by atoms with E-state index in [0.29, 0.717) is 12.1 Å². The fourth-order valence-electron chi connectivity index (χ4n) is 2.22. The third kappa shape index (κ3) is 0.949. The highest BCUT2D eigenvalue weighted by atomic mass is 35.5. The minimum atomic E-state index is -0.0197. The minimum Gasteiger partial charge on any atom is -0.391 e. The lowest BCUT2D eigenvalue weighted by molar-refractivity contribution is 0.128. The molecule has 3 heteroatoms. The minimum absolute atomic E-state index is 0. The number of hydrogen-bond acceptors (Lipinski definition) is 2. The molecule has 0 aliphatic carbocycles. The van der Waals surface area contributed by atoms with Crippen molar-refractivity contribution in [1.29, 1.82) is 0 Å². The van der Waals surface area contributed by atoms with Crippen LogP contribution >= 0.6 is 12.4 Å². The van der Waals surface area contributed by atoms with Gasteiger partial charge in [-0.25, -0.2) is 0 Å². The van der Waals surface area contributed by atoms with Crippen molar-refractivity contribution in [3.8, 4) is 0 Å². The summed E-state index contributed by atoms with van der Waals surface area (Å²) >= 11 is 0. The van der Waals surface area contributed by atoms with Gasteiger partial charge in [0.05, 0.1) is 6.10 Å². The number of rotatable bonds is 0. The van der Waals surface area contributed by atoms with E-state index in [1.807, 2.05) is 0 Å². The van der Waals surface area contributed by atoms with Crippen LogP contribution in [0.4, 0.5) is 0 Å². The monoisotopic (exact) mass is 163 g/mol. The Morgan fingerprint density at radius 3 is 2.30 bits per heavy atom. The third-order valence-corrected chi connectivity index (χ3v) is 2.85. The highest BCUT2D eigenvalue weighted by molar-refractivity contribution is 5.85. The molecule has 1 N–H and O–H groups in total. The van der Waals surface area contributed by atoms with Crippen molar-refractivity contribution in [3.05, 3.63) is 0 Å². The molecule has 0 aromatic heterocycles. The second-order valence-electron chi connectivity index (χ2n) is 3.27. The van der Waals surface area contributed by atoms with Gasteiger partial charge in [0, 0.05) is 12.1 Å². The first-order valence-corrected chi connectivity index (χ1v) is 3.69. The maximum atomic E-state index is 9.35. The maximum absolute atomic E-state index is 9.35. The van der Waals surface area contributed by atoms with E-state index in [1.54, 1.807) is 0 Å². The molecular weight excluding hydrogens is 150 g/mol. The Labute approximate surface area is 67.6 Å². The van der Waals surface area contributed by atoms with Crippen LogP contribution in [-0.2, 0) is 0 Å². The van der Waals surface area contributed by atoms with Crippen LogP contribution in [0.25, 0.3) is 0 Å². The number of halogens is 1. The van der Waals surface area contributed by atoms with Gasteiger partial charge in [0.1, 0.15) is 0 Å². The highest BCUT2D eigenvalue weighted by Crippen LogP contribution is 2.35. The Bertz CT molecular complexity index is 131. The van der Waals surface area contributed by atoms with Crippen molar-refractivity contribution in [2.45, 2.75) is 37.5 Å². The molecule has 0 unspecified atom stereocenters. The van der Waals surface area contributed by atoms with E-state index in [9.17, 15) is 5.11 Å². The van der Waals surface area contributed by atoms with E-state index in [2.05, 4.69) is 11.9 Å². The van der Waals surface area contributed by atoms with E-state index in [0.717, 1.165) is 6.42 Å². The molecule has 60 valence electrons. The Morgan fingerprint density at radius 2 is 2.10 bits per heavy atom. The molecule has 2 aliphatic rings. The lowest BCUT2D eigenvalue weighted by Gasteiger charge is -2.15. The molecule has 0 aromatic rings. The molecular formula is C7H14ClNO. The Hall–Kier alpha value is 0.210. The van der Waals surface area contributed by atoms with Gasteiger partial charge >= 0.3 is 0 Å². The average molecular weight is 164 g/mol. The summed E-state index contributed by atoms with van der Waals surface area (Å²) in [4.78, 5) is 2.32.